The monoisotopic (exact) mass is 269 g/mol. The minimum atomic E-state index is -2.36. The van der Waals surface area contributed by atoms with E-state index in [2.05, 4.69) is 4.74 Å². The number of ether oxygens (including phenoxy) is 1. The van der Waals surface area contributed by atoms with Crippen LogP contribution in [0.15, 0.2) is 0 Å². The number of nitrogens with one attached hydrogen (secondary N) is 1. The fraction of sp³-hybridized carbons (Fsp3) is 0.111. The maximum atomic E-state index is 13.0. The van der Waals surface area contributed by atoms with Crippen LogP contribution >= 0.6 is 0 Å². The Morgan fingerprint density at radius 2 is 1.44 bits per heavy atom. The molecular formula is C9H4F5NO3. The molecule has 0 unspecified atom stereocenters. The van der Waals surface area contributed by atoms with Gasteiger partial charge in [-0.1, -0.05) is 0 Å². The lowest BCUT2D eigenvalue weighted by molar-refractivity contribution is -0.134. The fourth-order valence-corrected chi connectivity index (χ4v) is 0.949. The summed E-state index contributed by atoms with van der Waals surface area (Å²) in [4.78, 5) is 20.7. The second-order valence-corrected chi connectivity index (χ2v) is 2.87. The van der Waals surface area contributed by atoms with Crippen molar-refractivity contribution in [1.82, 2.24) is 5.32 Å². The Kier molecular flexibility index (Phi) is 4.18. The molecule has 18 heavy (non-hydrogen) atoms. The van der Waals surface area contributed by atoms with Crippen LogP contribution in [0.25, 0.3) is 0 Å². The predicted molar refractivity (Wildman–Crippen MR) is 45.9 cm³/mol. The van der Waals surface area contributed by atoms with Gasteiger partial charge in [0, 0.05) is 0 Å². The summed E-state index contributed by atoms with van der Waals surface area (Å²) in [6, 6.07) is 0. The van der Waals surface area contributed by atoms with Crippen LogP contribution in [0.4, 0.5) is 22.0 Å². The molecular weight excluding hydrogens is 265 g/mol. The third kappa shape index (κ3) is 2.55. The zero-order valence-corrected chi connectivity index (χ0v) is 8.40. The molecule has 1 aromatic rings. The highest BCUT2D eigenvalue weighted by Gasteiger charge is 2.28. The summed E-state index contributed by atoms with van der Waals surface area (Å²) in [6.07, 6.45) is 0.0831. The maximum absolute atomic E-state index is 13.0. The third-order valence-electron chi connectivity index (χ3n) is 1.72. The molecule has 0 saturated carbocycles. The molecule has 0 aliphatic carbocycles. The smallest absolute Gasteiger partial charge is 0.330 e. The fourth-order valence-electron chi connectivity index (χ4n) is 0.949. The average Bonchev–Trinajstić information content (AvgIpc) is 2.36. The van der Waals surface area contributed by atoms with Crippen molar-refractivity contribution in [3.63, 3.8) is 0 Å². The first-order chi connectivity index (χ1) is 8.40. The number of carbonyl (C=O) groups is 2. The van der Waals surface area contributed by atoms with Crippen LogP contribution in [0.2, 0.25) is 0 Å². The van der Waals surface area contributed by atoms with Gasteiger partial charge in [-0.05, 0) is 0 Å². The molecule has 0 heterocycles. The minimum absolute atomic E-state index is 0.0831. The van der Waals surface area contributed by atoms with Crippen molar-refractivity contribution in [3.8, 4) is 5.75 Å². The molecule has 0 bridgehead atoms. The van der Waals surface area contributed by atoms with Gasteiger partial charge in [0.05, 0.1) is 0 Å². The van der Waals surface area contributed by atoms with Crippen LogP contribution in [-0.4, -0.2) is 18.9 Å². The van der Waals surface area contributed by atoms with E-state index < -0.39 is 47.3 Å². The van der Waals surface area contributed by atoms with E-state index in [9.17, 15) is 31.5 Å². The molecule has 1 aromatic carbocycles. The summed E-state index contributed by atoms with van der Waals surface area (Å²) in [5.74, 6) is -14.5. The van der Waals surface area contributed by atoms with Crippen LogP contribution in [0.3, 0.4) is 0 Å². The number of benzene rings is 1. The molecule has 0 saturated heterocycles. The molecule has 9 heteroatoms. The molecule has 0 aromatic heterocycles. The zero-order valence-electron chi connectivity index (χ0n) is 8.40. The van der Waals surface area contributed by atoms with Crippen molar-refractivity contribution >= 4 is 12.4 Å². The van der Waals surface area contributed by atoms with E-state index in [-0.39, 0.29) is 6.41 Å². The van der Waals surface area contributed by atoms with E-state index in [0.717, 1.165) is 0 Å². The highest BCUT2D eigenvalue weighted by molar-refractivity contribution is 5.76. The van der Waals surface area contributed by atoms with Gasteiger partial charge in [-0.3, -0.25) is 4.79 Å². The van der Waals surface area contributed by atoms with Crippen LogP contribution in [0, 0.1) is 29.1 Å². The minimum Gasteiger partial charge on any atom is -0.419 e. The Labute approximate surface area is 96.3 Å². The number of hydrogen-bond acceptors (Lipinski definition) is 3. The second kappa shape index (κ2) is 5.43. The number of rotatable bonds is 4. The van der Waals surface area contributed by atoms with Gasteiger partial charge in [-0.2, -0.15) is 8.78 Å². The Morgan fingerprint density at radius 3 is 1.89 bits per heavy atom. The van der Waals surface area contributed by atoms with E-state index in [1.807, 2.05) is 0 Å². The molecule has 0 radical (unpaired) electrons. The molecule has 1 N–H and O–H groups in total. The van der Waals surface area contributed by atoms with Gasteiger partial charge in [-0.25, -0.2) is 18.0 Å². The van der Waals surface area contributed by atoms with E-state index in [1.165, 1.54) is 0 Å². The summed E-state index contributed by atoms with van der Waals surface area (Å²) < 4.78 is 67.9. The Morgan fingerprint density at radius 1 is 1.00 bits per heavy atom. The van der Waals surface area contributed by atoms with Crippen molar-refractivity contribution < 1.29 is 36.3 Å². The van der Waals surface area contributed by atoms with Crippen LogP contribution in [0.1, 0.15) is 0 Å². The number of carbonyl (C=O) groups excluding carboxylic acids is 2. The molecule has 4 nitrogen and oxygen atoms in total. The van der Waals surface area contributed by atoms with E-state index in [1.54, 1.807) is 5.32 Å². The van der Waals surface area contributed by atoms with Gasteiger partial charge in [-0.15, -0.1) is 0 Å². The Bertz CT molecular complexity index is 476. The van der Waals surface area contributed by atoms with Crippen molar-refractivity contribution in [2.45, 2.75) is 0 Å². The molecule has 0 spiro atoms. The lowest BCUT2D eigenvalue weighted by Gasteiger charge is -2.08. The topological polar surface area (TPSA) is 55.4 Å². The molecule has 0 aliphatic heterocycles. The highest BCUT2D eigenvalue weighted by Crippen LogP contribution is 2.28. The molecule has 0 atom stereocenters. The lowest BCUT2D eigenvalue weighted by atomic mass is 10.2. The SMILES string of the molecule is O=CNCC(=O)Oc1c(F)c(F)c(F)c(F)c1F. The van der Waals surface area contributed by atoms with Crippen molar-refractivity contribution in [2.24, 2.45) is 0 Å². The first kappa shape index (κ1) is 13.9. The van der Waals surface area contributed by atoms with Gasteiger partial charge in [0.2, 0.25) is 41.2 Å². The highest BCUT2D eigenvalue weighted by atomic mass is 19.2. The second-order valence-electron chi connectivity index (χ2n) is 2.87. The molecule has 98 valence electrons. The lowest BCUT2D eigenvalue weighted by Crippen LogP contribution is -2.26. The largest absolute Gasteiger partial charge is 0.419 e. The first-order valence-electron chi connectivity index (χ1n) is 4.29. The van der Waals surface area contributed by atoms with Crippen LogP contribution in [-0.2, 0) is 9.59 Å². The third-order valence-corrected chi connectivity index (χ3v) is 1.72. The standard InChI is InChI=1S/C9H4F5NO3/c10-4-5(11)7(13)9(8(14)6(4)12)18-3(17)1-15-2-16/h2H,1H2,(H,15,16). The van der Waals surface area contributed by atoms with Gasteiger partial charge in [0.1, 0.15) is 6.54 Å². The number of amides is 1. The number of hydrogen-bond donors (Lipinski definition) is 1. The molecule has 1 rings (SSSR count). The summed E-state index contributed by atoms with van der Waals surface area (Å²) in [5.41, 5.74) is 0. The number of esters is 1. The van der Waals surface area contributed by atoms with Crippen molar-refractivity contribution in [3.05, 3.63) is 29.1 Å². The van der Waals surface area contributed by atoms with E-state index in [0.29, 0.717) is 0 Å². The summed E-state index contributed by atoms with van der Waals surface area (Å²) in [6.45, 7) is -0.789. The Hall–Kier alpha value is -2.19. The normalized spacial score (nSPS) is 10.1. The average molecular weight is 269 g/mol. The summed E-state index contributed by atoms with van der Waals surface area (Å²) >= 11 is 0. The first-order valence-corrected chi connectivity index (χ1v) is 4.29. The molecule has 1 amide bonds. The van der Waals surface area contributed by atoms with Gasteiger partial charge >= 0.3 is 5.97 Å². The van der Waals surface area contributed by atoms with Crippen LogP contribution < -0.4 is 10.1 Å². The number of halogens is 5. The van der Waals surface area contributed by atoms with E-state index >= 15 is 0 Å². The quantitative estimate of drug-likeness (QED) is 0.222. The molecule has 0 fully saturated rings. The van der Waals surface area contributed by atoms with Gasteiger partial charge in [0.25, 0.3) is 0 Å². The van der Waals surface area contributed by atoms with Gasteiger partial charge < -0.3 is 10.1 Å². The van der Waals surface area contributed by atoms with Crippen LogP contribution in [0.5, 0.6) is 5.75 Å². The summed E-state index contributed by atoms with van der Waals surface area (Å²) in [5, 5.41) is 1.79. The van der Waals surface area contributed by atoms with Gasteiger partial charge in [0.15, 0.2) is 0 Å². The van der Waals surface area contributed by atoms with Crippen molar-refractivity contribution in [2.75, 3.05) is 6.54 Å². The summed E-state index contributed by atoms with van der Waals surface area (Å²) in [7, 11) is 0. The van der Waals surface area contributed by atoms with E-state index in [4.69, 9.17) is 0 Å². The molecule has 0 aliphatic rings. The zero-order chi connectivity index (χ0) is 13.9. The predicted octanol–water partition coefficient (Wildman–Crippen LogP) is 1.03. The van der Waals surface area contributed by atoms with Crippen molar-refractivity contribution in [1.29, 1.82) is 0 Å². The Balaban J connectivity index is 3.10. The maximum Gasteiger partial charge on any atom is 0.330 e.